The second-order valence-corrected chi connectivity index (χ2v) is 5.85. The smallest absolute Gasteiger partial charge is 0.241 e. The fraction of sp³-hybridized carbons (Fsp3) is 0.278. The van der Waals surface area contributed by atoms with Gasteiger partial charge in [-0.25, -0.2) is 0 Å². The van der Waals surface area contributed by atoms with E-state index in [1.807, 2.05) is 43.3 Å². The summed E-state index contributed by atoms with van der Waals surface area (Å²) in [5.74, 6) is -0.197. The maximum Gasteiger partial charge on any atom is 0.241 e. The van der Waals surface area contributed by atoms with E-state index in [2.05, 4.69) is 10.6 Å². The fourth-order valence-corrected chi connectivity index (χ4v) is 2.41. The van der Waals surface area contributed by atoms with E-state index in [9.17, 15) is 4.79 Å². The van der Waals surface area contributed by atoms with Crippen LogP contribution < -0.4 is 16.4 Å². The molecule has 0 radical (unpaired) electrons. The predicted molar refractivity (Wildman–Crippen MR) is 96.7 cm³/mol. The molecule has 0 saturated heterocycles. The van der Waals surface area contributed by atoms with Gasteiger partial charge in [-0.1, -0.05) is 55.3 Å². The van der Waals surface area contributed by atoms with Crippen LogP contribution in [0.25, 0.3) is 0 Å². The molecule has 4 nitrogen and oxygen atoms in total. The van der Waals surface area contributed by atoms with Crippen LogP contribution in [-0.4, -0.2) is 11.9 Å². The topological polar surface area (TPSA) is 67.2 Å². The number of carbonyl (C=O) groups excluding carboxylic acids is 1. The average Bonchev–Trinajstić information content (AvgIpc) is 2.55. The Kier molecular flexibility index (Phi) is 6.44. The van der Waals surface area contributed by atoms with Crippen molar-refractivity contribution in [3.8, 4) is 0 Å². The number of nitrogens with two attached hydrogens (primary N) is 1. The molecule has 23 heavy (non-hydrogen) atoms. The van der Waals surface area contributed by atoms with Gasteiger partial charge in [0, 0.05) is 11.6 Å². The molecule has 0 spiro atoms. The first kappa shape index (κ1) is 17.3. The molecule has 0 aliphatic carbocycles. The van der Waals surface area contributed by atoms with Crippen LogP contribution in [0.2, 0.25) is 5.02 Å². The molecule has 0 bridgehead atoms. The molecule has 2 aromatic carbocycles. The van der Waals surface area contributed by atoms with Crippen molar-refractivity contribution in [1.82, 2.24) is 0 Å². The highest BCUT2D eigenvalue weighted by molar-refractivity contribution is 6.31. The van der Waals surface area contributed by atoms with Crippen molar-refractivity contribution in [3.05, 3.63) is 59.1 Å². The number of carbonyl (C=O) groups is 1. The number of amides is 1. The molecule has 1 atom stereocenters. The third kappa shape index (κ3) is 5.27. The summed E-state index contributed by atoms with van der Waals surface area (Å²) in [6, 6.07) is 14.9. The van der Waals surface area contributed by atoms with E-state index in [0.717, 1.165) is 17.7 Å². The van der Waals surface area contributed by atoms with E-state index >= 15 is 0 Å². The molecule has 0 aliphatic rings. The summed E-state index contributed by atoms with van der Waals surface area (Å²) in [6.45, 7) is 2.66. The molecular weight excluding hydrogens is 310 g/mol. The van der Waals surface area contributed by atoms with Gasteiger partial charge in [0.15, 0.2) is 0 Å². The largest absolute Gasteiger partial charge is 0.379 e. The van der Waals surface area contributed by atoms with Crippen LogP contribution in [0.4, 0.5) is 11.4 Å². The van der Waals surface area contributed by atoms with Gasteiger partial charge in [-0.05, 0) is 30.2 Å². The first-order valence-electron chi connectivity index (χ1n) is 7.74. The summed E-state index contributed by atoms with van der Waals surface area (Å²) in [4.78, 5) is 12.1. The first-order chi connectivity index (χ1) is 11.1. The molecule has 1 amide bonds. The zero-order valence-electron chi connectivity index (χ0n) is 13.2. The number of hydrogen-bond acceptors (Lipinski definition) is 3. The summed E-state index contributed by atoms with van der Waals surface area (Å²) >= 11 is 6.05. The third-order valence-electron chi connectivity index (χ3n) is 3.50. The molecule has 122 valence electrons. The molecule has 0 aliphatic heterocycles. The second-order valence-electron chi connectivity index (χ2n) is 5.41. The van der Waals surface area contributed by atoms with Crippen LogP contribution >= 0.6 is 11.6 Å². The standard InChI is InChI=1S/C18H22ClN3O/c1-2-6-15(20)18(23)22-17-11-14(19)9-10-16(17)21-12-13-7-4-3-5-8-13/h3-5,7-11,15,21H,2,6,12,20H2,1H3,(H,22,23). The lowest BCUT2D eigenvalue weighted by molar-refractivity contribution is -0.117. The van der Waals surface area contributed by atoms with Gasteiger partial charge in [0.05, 0.1) is 17.4 Å². The number of halogens is 1. The highest BCUT2D eigenvalue weighted by atomic mass is 35.5. The Balaban J connectivity index is 2.09. The molecule has 2 aromatic rings. The van der Waals surface area contributed by atoms with Gasteiger partial charge in [0.25, 0.3) is 0 Å². The van der Waals surface area contributed by atoms with E-state index < -0.39 is 6.04 Å². The van der Waals surface area contributed by atoms with Gasteiger partial charge in [-0.15, -0.1) is 0 Å². The number of rotatable bonds is 7. The van der Waals surface area contributed by atoms with Crippen LogP contribution in [0.15, 0.2) is 48.5 Å². The van der Waals surface area contributed by atoms with Crippen molar-refractivity contribution in [2.45, 2.75) is 32.4 Å². The van der Waals surface area contributed by atoms with Gasteiger partial charge < -0.3 is 16.4 Å². The van der Waals surface area contributed by atoms with E-state index in [0.29, 0.717) is 23.7 Å². The molecular formula is C18H22ClN3O. The number of benzene rings is 2. The zero-order valence-corrected chi connectivity index (χ0v) is 13.9. The van der Waals surface area contributed by atoms with E-state index in [1.54, 1.807) is 12.1 Å². The summed E-state index contributed by atoms with van der Waals surface area (Å²) in [7, 11) is 0. The predicted octanol–water partition coefficient (Wildman–Crippen LogP) is 4.02. The zero-order chi connectivity index (χ0) is 16.7. The van der Waals surface area contributed by atoms with Crippen molar-refractivity contribution >= 4 is 28.9 Å². The Bertz CT molecular complexity index is 646. The molecule has 0 aromatic heterocycles. The summed E-state index contributed by atoms with van der Waals surface area (Å²) in [5.41, 5.74) is 8.48. The molecule has 1 unspecified atom stereocenters. The lowest BCUT2D eigenvalue weighted by Crippen LogP contribution is -2.35. The van der Waals surface area contributed by atoms with Gasteiger partial charge in [-0.2, -0.15) is 0 Å². The Labute approximate surface area is 142 Å². The molecule has 2 rings (SSSR count). The summed E-state index contributed by atoms with van der Waals surface area (Å²) in [6.07, 6.45) is 1.52. The Hall–Kier alpha value is -2.04. The van der Waals surface area contributed by atoms with Crippen molar-refractivity contribution in [1.29, 1.82) is 0 Å². The molecule has 4 N–H and O–H groups in total. The number of nitrogens with one attached hydrogen (secondary N) is 2. The minimum Gasteiger partial charge on any atom is -0.379 e. The monoisotopic (exact) mass is 331 g/mol. The minimum atomic E-state index is -0.513. The van der Waals surface area contributed by atoms with Crippen LogP contribution in [0.5, 0.6) is 0 Å². The van der Waals surface area contributed by atoms with E-state index in [-0.39, 0.29) is 5.91 Å². The highest BCUT2D eigenvalue weighted by Crippen LogP contribution is 2.26. The molecule has 0 heterocycles. The molecule has 0 saturated carbocycles. The van der Waals surface area contributed by atoms with Crippen LogP contribution in [-0.2, 0) is 11.3 Å². The Morgan fingerprint density at radius 1 is 1.17 bits per heavy atom. The Morgan fingerprint density at radius 3 is 2.61 bits per heavy atom. The molecule has 0 fully saturated rings. The second kappa shape index (κ2) is 8.56. The normalized spacial score (nSPS) is 11.8. The summed E-state index contributed by atoms with van der Waals surface area (Å²) in [5, 5.41) is 6.74. The van der Waals surface area contributed by atoms with Crippen molar-refractivity contribution in [3.63, 3.8) is 0 Å². The minimum absolute atomic E-state index is 0.197. The Morgan fingerprint density at radius 2 is 1.91 bits per heavy atom. The van der Waals surface area contributed by atoms with Crippen LogP contribution in [0.1, 0.15) is 25.3 Å². The lowest BCUT2D eigenvalue weighted by Gasteiger charge is -2.16. The fourth-order valence-electron chi connectivity index (χ4n) is 2.23. The van der Waals surface area contributed by atoms with Crippen molar-refractivity contribution < 1.29 is 4.79 Å². The van der Waals surface area contributed by atoms with Gasteiger partial charge in [0.2, 0.25) is 5.91 Å². The van der Waals surface area contributed by atoms with Crippen molar-refractivity contribution in [2.24, 2.45) is 5.73 Å². The summed E-state index contributed by atoms with van der Waals surface area (Å²) < 4.78 is 0. The SMILES string of the molecule is CCCC(N)C(=O)Nc1cc(Cl)ccc1NCc1ccccc1. The van der Waals surface area contributed by atoms with E-state index in [1.165, 1.54) is 0 Å². The van der Waals surface area contributed by atoms with Crippen LogP contribution in [0, 0.1) is 0 Å². The third-order valence-corrected chi connectivity index (χ3v) is 3.74. The number of anilines is 2. The molecule has 5 heteroatoms. The van der Waals surface area contributed by atoms with Gasteiger partial charge >= 0.3 is 0 Å². The average molecular weight is 332 g/mol. The van der Waals surface area contributed by atoms with Gasteiger partial charge in [-0.3, -0.25) is 4.79 Å². The van der Waals surface area contributed by atoms with E-state index in [4.69, 9.17) is 17.3 Å². The quantitative estimate of drug-likeness (QED) is 0.718. The maximum absolute atomic E-state index is 12.1. The van der Waals surface area contributed by atoms with Gasteiger partial charge in [0.1, 0.15) is 0 Å². The maximum atomic E-state index is 12.1. The van der Waals surface area contributed by atoms with Crippen LogP contribution in [0.3, 0.4) is 0 Å². The lowest BCUT2D eigenvalue weighted by atomic mass is 10.1. The number of hydrogen-bond donors (Lipinski definition) is 3. The highest BCUT2D eigenvalue weighted by Gasteiger charge is 2.14. The van der Waals surface area contributed by atoms with Crippen molar-refractivity contribution in [2.75, 3.05) is 10.6 Å². The first-order valence-corrected chi connectivity index (χ1v) is 8.11.